The van der Waals surface area contributed by atoms with E-state index in [0.29, 0.717) is 5.92 Å². The minimum Gasteiger partial charge on any atom is -0.339 e. The third kappa shape index (κ3) is 4.53. The Morgan fingerprint density at radius 1 is 1.00 bits per heavy atom. The van der Waals surface area contributed by atoms with Crippen molar-refractivity contribution in [3.63, 3.8) is 0 Å². The number of aromatic nitrogens is 2. The van der Waals surface area contributed by atoms with Crippen LogP contribution in [0.15, 0.2) is 4.52 Å². The molecule has 0 aromatic carbocycles. The lowest BCUT2D eigenvalue weighted by Crippen LogP contribution is -2.29. The monoisotopic (exact) mass is 291 g/mol. The van der Waals surface area contributed by atoms with E-state index in [4.69, 9.17) is 9.51 Å². The van der Waals surface area contributed by atoms with Gasteiger partial charge >= 0.3 is 0 Å². The second-order valence-corrected chi connectivity index (χ2v) is 6.84. The molecule has 1 saturated heterocycles. The zero-order valence-electron chi connectivity index (χ0n) is 13.1. The van der Waals surface area contributed by atoms with Gasteiger partial charge in [-0.05, 0) is 51.1 Å². The number of nitrogens with one attached hydrogen (secondary N) is 1. The summed E-state index contributed by atoms with van der Waals surface area (Å²) in [5.74, 6) is 3.17. The first-order chi connectivity index (χ1) is 10.4. The quantitative estimate of drug-likeness (QED) is 0.916. The molecule has 0 amide bonds. The lowest BCUT2D eigenvalue weighted by molar-refractivity contribution is 0.323. The average molecular weight is 291 g/mol. The van der Waals surface area contributed by atoms with Crippen molar-refractivity contribution < 1.29 is 4.52 Å². The van der Waals surface area contributed by atoms with E-state index in [0.717, 1.165) is 30.6 Å². The number of rotatable bonds is 4. The van der Waals surface area contributed by atoms with Crippen molar-refractivity contribution in [2.45, 2.75) is 76.5 Å². The molecule has 118 valence electrons. The van der Waals surface area contributed by atoms with E-state index in [9.17, 15) is 0 Å². The summed E-state index contributed by atoms with van der Waals surface area (Å²) < 4.78 is 5.50. The highest BCUT2D eigenvalue weighted by Gasteiger charge is 2.20. The molecule has 1 aromatic rings. The fraction of sp³-hybridized carbons (Fsp3) is 0.882. The first kappa shape index (κ1) is 15.0. The van der Waals surface area contributed by atoms with Gasteiger partial charge in [0.05, 0.1) is 0 Å². The second kappa shape index (κ2) is 7.92. The summed E-state index contributed by atoms with van der Waals surface area (Å²) in [6, 6.07) is 0. The first-order valence-corrected chi connectivity index (χ1v) is 8.95. The number of nitrogens with zero attached hydrogens (tertiary/aromatic N) is 2. The lowest BCUT2D eigenvalue weighted by atomic mass is 9.91. The third-order valence-electron chi connectivity index (χ3n) is 5.12. The van der Waals surface area contributed by atoms with Gasteiger partial charge in [-0.2, -0.15) is 4.98 Å². The highest BCUT2D eigenvalue weighted by molar-refractivity contribution is 4.96. The molecule has 1 atom stereocenters. The SMILES string of the molecule is C1CCCC(c2noc(CCC3CCCNC3)n2)CCC1. The molecule has 0 bridgehead atoms. The van der Waals surface area contributed by atoms with Gasteiger partial charge in [-0.25, -0.2) is 0 Å². The Kier molecular flexibility index (Phi) is 5.67. The maximum atomic E-state index is 5.50. The molecule has 0 spiro atoms. The fourth-order valence-corrected chi connectivity index (χ4v) is 3.75. The van der Waals surface area contributed by atoms with E-state index < -0.39 is 0 Å². The average Bonchev–Trinajstić information content (AvgIpc) is 2.95. The standard InChI is InChI=1S/C17H29N3O/c1-2-4-8-15(9-5-3-1)17-19-16(21-20-17)11-10-14-7-6-12-18-13-14/h14-15,18H,1-13H2. The van der Waals surface area contributed by atoms with Gasteiger partial charge in [-0.1, -0.05) is 37.3 Å². The van der Waals surface area contributed by atoms with Crippen LogP contribution in [-0.4, -0.2) is 23.2 Å². The van der Waals surface area contributed by atoms with Crippen LogP contribution in [0.25, 0.3) is 0 Å². The Bertz CT molecular complexity index is 404. The van der Waals surface area contributed by atoms with Gasteiger partial charge in [-0.3, -0.25) is 0 Å². The van der Waals surface area contributed by atoms with Crippen molar-refractivity contribution in [1.82, 2.24) is 15.5 Å². The van der Waals surface area contributed by atoms with Gasteiger partial charge < -0.3 is 9.84 Å². The van der Waals surface area contributed by atoms with Gasteiger partial charge in [-0.15, -0.1) is 0 Å². The summed E-state index contributed by atoms with van der Waals surface area (Å²) in [6.45, 7) is 2.34. The molecule has 1 aliphatic heterocycles. The molecule has 1 N–H and O–H groups in total. The van der Waals surface area contributed by atoms with Crippen molar-refractivity contribution in [2.75, 3.05) is 13.1 Å². The molecule has 4 nitrogen and oxygen atoms in total. The predicted octanol–water partition coefficient (Wildman–Crippen LogP) is 3.83. The topological polar surface area (TPSA) is 51.0 Å². The maximum absolute atomic E-state index is 5.50. The van der Waals surface area contributed by atoms with E-state index in [-0.39, 0.29) is 0 Å². The van der Waals surface area contributed by atoms with Crippen molar-refractivity contribution in [3.05, 3.63) is 11.7 Å². The molecular formula is C17H29N3O. The maximum Gasteiger partial charge on any atom is 0.226 e. The van der Waals surface area contributed by atoms with Crippen molar-refractivity contribution >= 4 is 0 Å². The van der Waals surface area contributed by atoms with Crippen LogP contribution in [-0.2, 0) is 6.42 Å². The van der Waals surface area contributed by atoms with Gasteiger partial charge in [0, 0.05) is 12.3 Å². The van der Waals surface area contributed by atoms with Crippen LogP contribution in [0.2, 0.25) is 0 Å². The summed E-state index contributed by atoms with van der Waals surface area (Å²) in [7, 11) is 0. The molecule has 1 aromatic heterocycles. The minimum atomic E-state index is 0.541. The van der Waals surface area contributed by atoms with Gasteiger partial charge in [0.25, 0.3) is 0 Å². The summed E-state index contributed by atoms with van der Waals surface area (Å²) in [4.78, 5) is 4.69. The lowest BCUT2D eigenvalue weighted by Gasteiger charge is -2.21. The Labute approximate surface area is 128 Å². The Morgan fingerprint density at radius 3 is 2.57 bits per heavy atom. The summed E-state index contributed by atoms with van der Waals surface area (Å²) >= 11 is 0. The van der Waals surface area contributed by atoms with E-state index in [1.807, 2.05) is 0 Å². The molecule has 1 aliphatic carbocycles. The molecule has 0 radical (unpaired) electrons. The van der Waals surface area contributed by atoms with Crippen LogP contribution >= 0.6 is 0 Å². The summed E-state index contributed by atoms with van der Waals surface area (Å²) in [6.07, 6.45) is 14.1. The molecule has 3 rings (SSSR count). The van der Waals surface area contributed by atoms with E-state index in [1.54, 1.807) is 0 Å². The first-order valence-electron chi connectivity index (χ1n) is 8.95. The molecule has 1 unspecified atom stereocenters. The number of piperidine rings is 1. The van der Waals surface area contributed by atoms with Gasteiger partial charge in [0.2, 0.25) is 5.89 Å². The van der Waals surface area contributed by atoms with Crippen LogP contribution < -0.4 is 5.32 Å². The zero-order chi connectivity index (χ0) is 14.3. The van der Waals surface area contributed by atoms with Crippen LogP contribution in [0, 0.1) is 5.92 Å². The Balaban J connectivity index is 1.50. The van der Waals surface area contributed by atoms with Crippen molar-refractivity contribution in [1.29, 1.82) is 0 Å². The van der Waals surface area contributed by atoms with Crippen LogP contribution in [0.4, 0.5) is 0 Å². The summed E-state index contributed by atoms with van der Waals surface area (Å²) in [5, 5.41) is 7.75. The van der Waals surface area contributed by atoms with E-state index >= 15 is 0 Å². The van der Waals surface area contributed by atoms with E-state index in [2.05, 4.69) is 10.5 Å². The fourth-order valence-electron chi connectivity index (χ4n) is 3.75. The van der Waals surface area contributed by atoms with Gasteiger partial charge in [0.15, 0.2) is 5.82 Å². The normalized spacial score (nSPS) is 25.4. The van der Waals surface area contributed by atoms with Gasteiger partial charge in [0.1, 0.15) is 0 Å². The predicted molar refractivity (Wildman–Crippen MR) is 83.3 cm³/mol. The molecule has 2 fully saturated rings. The molecule has 2 heterocycles. The molecule has 21 heavy (non-hydrogen) atoms. The minimum absolute atomic E-state index is 0.541. The highest BCUT2D eigenvalue weighted by atomic mass is 16.5. The van der Waals surface area contributed by atoms with Crippen LogP contribution in [0.5, 0.6) is 0 Å². The highest BCUT2D eigenvalue weighted by Crippen LogP contribution is 2.29. The van der Waals surface area contributed by atoms with E-state index in [1.165, 1.54) is 70.8 Å². The zero-order valence-corrected chi connectivity index (χ0v) is 13.1. The number of hydrogen-bond acceptors (Lipinski definition) is 4. The number of aryl methyl sites for hydroxylation is 1. The third-order valence-corrected chi connectivity index (χ3v) is 5.12. The Hall–Kier alpha value is -0.900. The van der Waals surface area contributed by atoms with Crippen LogP contribution in [0.1, 0.15) is 81.8 Å². The molecular weight excluding hydrogens is 262 g/mol. The molecule has 2 aliphatic rings. The second-order valence-electron chi connectivity index (χ2n) is 6.84. The molecule has 4 heteroatoms. The smallest absolute Gasteiger partial charge is 0.226 e. The van der Waals surface area contributed by atoms with Crippen molar-refractivity contribution in [3.8, 4) is 0 Å². The van der Waals surface area contributed by atoms with Crippen molar-refractivity contribution in [2.24, 2.45) is 5.92 Å². The molecule has 1 saturated carbocycles. The largest absolute Gasteiger partial charge is 0.339 e. The van der Waals surface area contributed by atoms with Crippen LogP contribution in [0.3, 0.4) is 0 Å². The number of hydrogen-bond donors (Lipinski definition) is 1. The Morgan fingerprint density at radius 2 is 1.81 bits per heavy atom. The summed E-state index contributed by atoms with van der Waals surface area (Å²) in [5.41, 5.74) is 0.